The second kappa shape index (κ2) is 12.4. The number of fused-ring (bicyclic) bond motifs is 14. The van der Waals surface area contributed by atoms with Crippen LogP contribution in [0.25, 0.3) is 53.6 Å². The Bertz CT molecular complexity index is 3130. The maximum Gasteiger partial charge on any atom is 0.0726 e. The van der Waals surface area contributed by atoms with E-state index in [9.17, 15) is 0 Å². The van der Waals surface area contributed by atoms with E-state index >= 15 is 0 Å². The van der Waals surface area contributed by atoms with Crippen molar-refractivity contribution in [3.8, 4) is 33.4 Å². The number of hydrogen-bond donors (Lipinski definition) is 0. The Morgan fingerprint density at radius 2 is 0.966 bits per heavy atom. The van der Waals surface area contributed by atoms with Gasteiger partial charge in [-0.2, -0.15) is 0 Å². The molecule has 0 unspecified atom stereocenters. The minimum absolute atomic E-state index is 0.0792. The summed E-state index contributed by atoms with van der Waals surface area (Å²) in [4.78, 5) is 2.54. The van der Waals surface area contributed by atoms with E-state index in [0.29, 0.717) is 0 Å². The largest absolute Gasteiger partial charge is 0.310 e. The molecule has 1 nitrogen and oxygen atoms in total. The van der Waals surface area contributed by atoms with Crippen LogP contribution < -0.4 is 4.90 Å². The molecule has 9 aromatic rings. The van der Waals surface area contributed by atoms with Gasteiger partial charge in [-0.25, -0.2) is 0 Å². The van der Waals surface area contributed by atoms with Crippen molar-refractivity contribution >= 4 is 48.6 Å². The Morgan fingerprint density at radius 1 is 0.390 bits per heavy atom. The monoisotopic (exact) mass is 775 g/mol. The van der Waals surface area contributed by atoms with Crippen molar-refractivity contribution < 1.29 is 0 Å². The van der Waals surface area contributed by atoms with Crippen molar-refractivity contribution in [2.75, 3.05) is 4.90 Å². The van der Waals surface area contributed by atoms with E-state index in [0.717, 1.165) is 11.4 Å². The fraction of sp³-hybridized carbons (Fsp3) is 0.158. The molecule has 0 atom stereocenters. The topological polar surface area (TPSA) is 3.24 Å². The summed E-state index contributed by atoms with van der Waals surface area (Å²) in [7, 11) is 0. The Balaban J connectivity index is 1.21. The van der Waals surface area contributed by atoms with Gasteiger partial charge in [0.1, 0.15) is 0 Å². The van der Waals surface area contributed by atoms with Gasteiger partial charge in [0.25, 0.3) is 0 Å². The van der Waals surface area contributed by atoms with E-state index < -0.39 is 5.41 Å². The molecule has 0 saturated carbocycles. The van der Waals surface area contributed by atoms with Crippen LogP contribution in [0.3, 0.4) is 0 Å². The summed E-state index contributed by atoms with van der Waals surface area (Å²) in [6.45, 7) is 9.74. The predicted octanol–water partition coefficient (Wildman–Crippen LogP) is 15.9. The van der Waals surface area contributed by atoms with Gasteiger partial charge in [-0.1, -0.05) is 155 Å². The quantitative estimate of drug-likeness (QED) is 0.172. The maximum atomic E-state index is 2.58. The van der Waals surface area contributed by atoms with E-state index in [1.165, 1.54) is 105 Å². The molecule has 1 heterocycles. The molecule has 284 valence electrons. The lowest BCUT2D eigenvalue weighted by Gasteiger charge is -2.42. The molecule has 3 aliphatic rings. The minimum Gasteiger partial charge on any atom is -0.310 e. The van der Waals surface area contributed by atoms with Crippen LogP contribution in [0.15, 0.2) is 176 Å². The predicted molar refractivity (Wildman–Crippen MR) is 251 cm³/mol. The number of hydrogen-bond acceptors (Lipinski definition) is 2. The molecule has 12 rings (SSSR count). The standard InChI is InChI=1S/C57H45NS/c1-55(2)30-31-56(3,4)51-32-36(26-28-49(51)55)43-34-44-41-20-10-14-24-48(41)57(46-22-12-8-18-39(46)40-19-9-13-23-47(40)57)50(44)35-52(43)58(37-16-6-5-7-17-37)38-27-29-54-45(33-38)42-21-11-15-25-53(42)59-54/h5-29,32-35H,30-31H2,1-4H3. The third-order valence-electron chi connectivity index (χ3n) is 14.2. The molecule has 0 N–H and O–H groups in total. The van der Waals surface area contributed by atoms with Gasteiger partial charge in [0.05, 0.1) is 11.1 Å². The fourth-order valence-corrected chi connectivity index (χ4v) is 12.2. The maximum absolute atomic E-state index is 2.58. The fourth-order valence-electron chi connectivity index (χ4n) is 11.2. The SMILES string of the molecule is CC1(C)CCC(C)(C)c2cc(-c3cc4c(cc3N(c3ccccc3)c3ccc5sc6ccccc6c5c3)C3(c5ccccc5-c5ccccc53)c3ccccc3-4)ccc21. The molecular weight excluding hydrogens is 731 g/mol. The van der Waals surface area contributed by atoms with Crippen LogP contribution in [-0.2, 0) is 16.2 Å². The Morgan fingerprint density at radius 3 is 1.66 bits per heavy atom. The van der Waals surface area contributed by atoms with E-state index in [1.807, 2.05) is 11.3 Å². The molecule has 0 amide bonds. The van der Waals surface area contributed by atoms with Gasteiger partial charge in [0, 0.05) is 37.1 Å². The van der Waals surface area contributed by atoms with Crippen LogP contribution in [0, 0.1) is 0 Å². The number of rotatable bonds is 4. The summed E-state index contributed by atoms with van der Waals surface area (Å²) in [5.74, 6) is 0. The first-order valence-electron chi connectivity index (χ1n) is 21.1. The summed E-state index contributed by atoms with van der Waals surface area (Å²) in [6.07, 6.45) is 2.37. The van der Waals surface area contributed by atoms with Gasteiger partial charge in [-0.3, -0.25) is 0 Å². The zero-order valence-corrected chi connectivity index (χ0v) is 34.8. The summed E-state index contributed by atoms with van der Waals surface area (Å²) in [6, 6.07) is 67.0. The van der Waals surface area contributed by atoms with Gasteiger partial charge in [-0.15, -0.1) is 11.3 Å². The smallest absolute Gasteiger partial charge is 0.0726 e. The van der Waals surface area contributed by atoms with Crippen LogP contribution in [0.5, 0.6) is 0 Å². The van der Waals surface area contributed by atoms with Gasteiger partial charge < -0.3 is 4.90 Å². The summed E-state index contributed by atoms with van der Waals surface area (Å²) >= 11 is 1.88. The first-order valence-corrected chi connectivity index (χ1v) is 22.0. The lowest BCUT2D eigenvalue weighted by Crippen LogP contribution is -2.33. The highest BCUT2D eigenvalue weighted by atomic mass is 32.1. The first kappa shape index (κ1) is 34.8. The van der Waals surface area contributed by atoms with Crippen molar-refractivity contribution in [3.63, 3.8) is 0 Å². The molecule has 1 spiro atoms. The van der Waals surface area contributed by atoms with Crippen LogP contribution in [0.2, 0.25) is 0 Å². The minimum atomic E-state index is -0.454. The van der Waals surface area contributed by atoms with Gasteiger partial charge >= 0.3 is 0 Å². The van der Waals surface area contributed by atoms with E-state index in [2.05, 4.69) is 209 Å². The third kappa shape index (κ3) is 4.84. The molecule has 1 aromatic heterocycles. The second-order valence-corrected chi connectivity index (χ2v) is 19.4. The molecule has 0 saturated heterocycles. The Labute approximate surface area is 351 Å². The van der Waals surface area contributed by atoms with Crippen molar-refractivity contribution in [1.82, 2.24) is 0 Å². The van der Waals surface area contributed by atoms with Crippen molar-refractivity contribution in [3.05, 3.63) is 209 Å². The average Bonchev–Trinajstić information content (AvgIpc) is 3.89. The van der Waals surface area contributed by atoms with E-state index in [-0.39, 0.29) is 10.8 Å². The molecule has 0 fully saturated rings. The molecule has 0 aliphatic heterocycles. The molecule has 59 heavy (non-hydrogen) atoms. The van der Waals surface area contributed by atoms with Crippen molar-refractivity contribution in [2.45, 2.75) is 56.8 Å². The zero-order valence-electron chi connectivity index (χ0n) is 34.0. The van der Waals surface area contributed by atoms with Gasteiger partial charge in [0.2, 0.25) is 0 Å². The van der Waals surface area contributed by atoms with Crippen LogP contribution in [-0.4, -0.2) is 0 Å². The average molecular weight is 776 g/mol. The van der Waals surface area contributed by atoms with Gasteiger partial charge in [0.15, 0.2) is 0 Å². The molecule has 0 radical (unpaired) electrons. The summed E-state index contributed by atoms with van der Waals surface area (Å²) < 4.78 is 2.63. The Kier molecular flexibility index (Phi) is 7.31. The highest BCUT2D eigenvalue weighted by molar-refractivity contribution is 7.25. The molecule has 0 bridgehead atoms. The highest BCUT2D eigenvalue weighted by Gasteiger charge is 2.52. The number of anilines is 3. The third-order valence-corrected chi connectivity index (χ3v) is 15.3. The number of nitrogens with zero attached hydrogens (tertiary/aromatic N) is 1. The van der Waals surface area contributed by atoms with Crippen LogP contribution >= 0.6 is 11.3 Å². The lowest BCUT2D eigenvalue weighted by atomic mass is 9.63. The normalized spacial score (nSPS) is 16.1. The van der Waals surface area contributed by atoms with Gasteiger partial charge in [-0.05, 0) is 133 Å². The summed E-state index contributed by atoms with van der Waals surface area (Å²) in [5, 5.41) is 2.61. The number of benzene rings is 8. The van der Waals surface area contributed by atoms with Crippen LogP contribution in [0.1, 0.15) is 73.9 Å². The van der Waals surface area contributed by atoms with Crippen molar-refractivity contribution in [1.29, 1.82) is 0 Å². The van der Waals surface area contributed by atoms with E-state index in [1.54, 1.807) is 0 Å². The Hall–Kier alpha value is -6.22. The molecule has 3 aliphatic carbocycles. The molecular formula is C57H45NS. The van der Waals surface area contributed by atoms with E-state index in [4.69, 9.17) is 0 Å². The number of para-hydroxylation sites is 1. The lowest BCUT2D eigenvalue weighted by molar-refractivity contribution is 0.332. The molecule has 2 heteroatoms. The second-order valence-electron chi connectivity index (χ2n) is 18.3. The summed E-state index contributed by atoms with van der Waals surface area (Å²) in [5.41, 5.74) is 19.4. The number of thiophene rings is 1. The molecule has 8 aromatic carbocycles. The highest BCUT2D eigenvalue weighted by Crippen LogP contribution is 2.64. The van der Waals surface area contributed by atoms with Crippen molar-refractivity contribution in [2.24, 2.45) is 0 Å². The zero-order chi connectivity index (χ0) is 39.7. The van der Waals surface area contributed by atoms with Crippen LogP contribution in [0.4, 0.5) is 17.1 Å². The first-order chi connectivity index (χ1) is 28.7.